The highest BCUT2D eigenvalue weighted by molar-refractivity contribution is 6.21. The summed E-state index contributed by atoms with van der Waals surface area (Å²) in [5.74, 6) is -1.09. The Morgan fingerprint density at radius 3 is 2.46 bits per heavy atom. The maximum atomic E-state index is 12.3. The first-order valence-electron chi connectivity index (χ1n) is 8.20. The lowest BCUT2D eigenvalue weighted by atomic mass is 10.1. The number of hydrogen-bond acceptors (Lipinski definition) is 5. The van der Waals surface area contributed by atoms with E-state index >= 15 is 0 Å². The number of esters is 1. The average molecular weight is 349 g/mol. The van der Waals surface area contributed by atoms with E-state index in [2.05, 4.69) is 4.98 Å². The second kappa shape index (κ2) is 6.44. The normalized spacial score (nSPS) is 13.3. The molecule has 1 aliphatic rings. The monoisotopic (exact) mass is 349 g/mol. The lowest BCUT2D eigenvalue weighted by molar-refractivity contribution is 0.0474. The van der Waals surface area contributed by atoms with Crippen LogP contribution in [0.2, 0.25) is 0 Å². The van der Waals surface area contributed by atoms with E-state index in [0.29, 0.717) is 23.2 Å². The van der Waals surface area contributed by atoms with Crippen LogP contribution in [0.3, 0.4) is 0 Å². The van der Waals surface area contributed by atoms with Crippen LogP contribution >= 0.6 is 0 Å². The zero-order chi connectivity index (χ0) is 18.1. The van der Waals surface area contributed by atoms with Crippen molar-refractivity contribution in [2.45, 2.75) is 6.42 Å². The standard InChI is InChI=1S/C19H15N3O4/c23-17-14-6-1-2-7-15(14)18(24)21(17)9-4-10-26-19(25)16-8-3-5-13-11-20-12-22(13)16/h1-3,5-8,11-12H,4,9-10H2. The molecule has 7 nitrogen and oxygen atoms in total. The molecule has 0 saturated carbocycles. The average Bonchev–Trinajstić information content (AvgIpc) is 3.23. The van der Waals surface area contributed by atoms with Gasteiger partial charge in [-0.3, -0.25) is 18.9 Å². The van der Waals surface area contributed by atoms with Crippen LogP contribution in [0.5, 0.6) is 0 Å². The van der Waals surface area contributed by atoms with Gasteiger partial charge in [0.15, 0.2) is 0 Å². The van der Waals surface area contributed by atoms with E-state index in [4.69, 9.17) is 4.74 Å². The molecule has 2 aromatic heterocycles. The Balaban J connectivity index is 1.35. The second-order valence-electron chi connectivity index (χ2n) is 5.90. The van der Waals surface area contributed by atoms with Gasteiger partial charge in [-0.15, -0.1) is 0 Å². The topological polar surface area (TPSA) is 81.0 Å². The molecule has 3 heterocycles. The van der Waals surface area contributed by atoms with Crippen molar-refractivity contribution in [3.63, 3.8) is 0 Å². The molecule has 0 bridgehead atoms. The van der Waals surface area contributed by atoms with Gasteiger partial charge in [0.2, 0.25) is 0 Å². The maximum absolute atomic E-state index is 12.3. The summed E-state index contributed by atoms with van der Waals surface area (Å²) in [5.41, 5.74) is 2.01. The van der Waals surface area contributed by atoms with E-state index in [0.717, 1.165) is 5.52 Å². The largest absolute Gasteiger partial charge is 0.461 e. The first-order valence-corrected chi connectivity index (χ1v) is 8.20. The van der Waals surface area contributed by atoms with Crippen molar-refractivity contribution in [1.82, 2.24) is 14.3 Å². The minimum atomic E-state index is -0.476. The SMILES string of the molecule is O=C(OCCCN1C(=O)c2ccccc2C1=O)c1cccc2cncn12. The quantitative estimate of drug-likeness (QED) is 0.401. The zero-order valence-electron chi connectivity index (χ0n) is 13.8. The number of fused-ring (bicyclic) bond motifs is 2. The number of pyridine rings is 1. The van der Waals surface area contributed by atoms with Crippen LogP contribution in [0, 0.1) is 0 Å². The molecule has 130 valence electrons. The van der Waals surface area contributed by atoms with Gasteiger partial charge in [-0.1, -0.05) is 18.2 Å². The van der Waals surface area contributed by atoms with Crippen LogP contribution < -0.4 is 0 Å². The summed E-state index contributed by atoms with van der Waals surface area (Å²) in [6.07, 6.45) is 3.57. The number of benzene rings is 1. The number of nitrogens with zero attached hydrogens (tertiary/aromatic N) is 3. The number of amides is 2. The van der Waals surface area contributed by atoms with E-state index in [1.54, 1.807) is 53.3 Å². The van der Waals surface area contributed by atoms with Crippen molar-refractivity contribution in [3.8, 4) is 0 Å². The molecule has 26 heavy (non-hydrogen) atoms. The number of imidazole rings is 1. The fourth-order valence-corrected chi connectivity index (χ4v) is 3.02. The van der Waals surface area contributed by atoms with Crippen LogP contribution in [-0.4, -0.2) is 45.2 Å². The van der Waals surface area contributed by atoms with Gasteiger partial charge in [0.25, 0.3) is 11.8 Å². The highest BCUT2D eigenvalue weighted by atomic mass is 16.5. The van der Waals surface area contributed by atoms with Gasteiger partial charge >= 0.3 is 5.97 Å². The lowest BCUT2D eigenvalue weighted by Crippen LogP contribution is -2.31. The summed E-state index contributed by atoms with van der Waals surface area (Å²) in [5, 5.41) is 0. The Bertz CT molecular complexity index is 989. The van der Waals surface area contributed by atoms with Crippen molar-refractivity contribution in [1.29, 1.82) is 0 Å². The number of aromatic nitrogens is 2. The number of carbonyl (C=O) groups excluding carboxylic acids is 3. The molecular formula is C19H15N3O4. The number of imide groups is 1. The Kier molecular flexibility index (Phi) is 3.96. The highest BCUT2D eigenvalue weighted by Gasteiger charge is 2.34. The number of carbonyl (C=O) groups is 3. The van der Waals surface area contributed by atoms with Gasteiger partial charge in [-0.05, 0) is 30.7 Å². The predicted molar refractivity (Wildman–Crippen MR) is 91.9 cm³/mol. The van der Waals surface area contributed by atoms with E-state index in [1.807, 2.05) is 6.07 Å². The van der Waals surface area contributed by atoms with E-state index < -0.39 is 5.97 Å². The van der Waals surface area contributed by atoms with Crippen molar-refractivity contribution in [3.05, 3.63) is 71.8 Å². The van der Waals surface area contributed by atoms with Gasteiger partial charge in [0.1, 0.15) is 5.69 Å². The Morgan fingerprint density at radius 2 is 1.73 bits per heavy atom. The number of ether oxygens (including phenoxy) is 1. The fraction of sp³-hybridized carbons (Fsp3) is 0.158. The summed E-state index contributed by atoms with van der Waals surface area (Å²) in [7, 11) is 0. The van der Waals surface area contributed by atoms with Gasteiger partial charge in [0.05, 0.1) is 35.8 Å². The maximum Gasteiger partial charge on any atom is 0.355 e. The summed E-state index contributed by atoms with van der Waals surface area (Å²) in [4.78, 5) is 42.0. The van der Waals surface area contributed by atoms with Crippen LogP contribution in [0.4, 0.5) is 0 Å². The summed E-state index contributed by atoms with van der Waals surface area (Å²) >= 11 is 0. The van der Waals surface area contributed by atoms with Gasteiger partial charge in [0, 0.05) is 6.54 Å². The molecule has 0 radical (unpaired) electrons. The van der Waals surface area contributed by atoms with Crippen LogP contribution in [0.1, 0.15) is 37.6 Å². The summed E-state index contributed by atoms with van der Waals surface area (Å²) in [6.45, 7) is 0.312. The van der Waals surface area contributed by atoms with E-state index in [-0.39, 0.29) is 25.0 Å². The smallest absolute Gasteiger partial charge is 0.355 e. The van der Waals surface area contributed by atoms with Crippen LogP contribution in [0.15, 0.2) is 55.0 Å². The molecule has 1 aliphatic heterocycles. The van der Waals surface area contributed by atoms with Crippen molar-refractivity contribution >= 4 is 23.3 Å². The molecule has 1 aromatic carbocycles. The van der Waals surface area contributed by atoms with Crippen molar-refractivity contribution in [2.24, 2.45) is 0 Å². The van der Waals surface area contributed by atoms with Gasteiger partial charge in [-0.2, -0.15) is 0 Å². The first-order chi connectivity index (χ1) is 12.7. The van der Waals surface area contributed by atoms with Crippen molar-refractivity contribution < 1.29 is 19.1 Å². The number of hydrogen-bond donors (Lipinski definition) is 0. The Hall–Kier alpha value is -3.48. The molecule has 0 N–H and O–H groups in total. The third-order valence-electron chi connectivity index (χ3n) is 4.29. The molecule has 4 rings (SSSR count). The molecule has 7 heteroatoms. The Labute approximate surface area is 148 Å². The fourth-order valence-electron chi connectivity index (χ4n) is 3.02. The van der Waals surface area contributed by atoms with Crippen LogP contribution in [-0.2, 0) is 4.74 Å². The van der Waals surface area contributed by atoms with Gasteiger partial charge < -0.3 is 4.74 Å². The summed E-state index contributed by atoms with van der Waals surface area (Å²) in [6, 6.07) is 12.0. The third kappa shape index (κ3) is 2.63. The minimum absolute atomic E-state index is 0.108. The molecule has 3 aromatic rings. The molecule has 2 amide bonds. The molecule has 0 atom stereocenters. The van der Waals surface area contributed by atoms with E-state index in [1.165, 1.54) is 4.90 Å². The zero-order valence-corrected chi connectivity index (χ0v) is 13.8. The second-order valence-corrected chi connectivity index (χ2v) is 5.90. The number of rotatable bonds is 5. The van der Waals surface area contributed by atoms with Gasteiger partial charge in [-0.25, -0.2) is 9.78 Å². The molecular weight excluding hydrogens is 334 g/mol. The predicted octanol–water partition coefficient (Wildman–Crippen LogP) is 2.18. The van der Waals surface area contributed by atoms with Crippen molar-refractivity contribution in [2.75, 3.05) is 13.2 Å². The van der Waals surface area contributed by atoms with E-state index in [9.17, 15) is 14.4 Å². The molecule has 0 saturated heterocycles. The minimum Gasteiger partial charge on any atom is -0.461 e. The molecule has 0 fully saturated rings. The molecule has 0 unspecified atom stereocenters. The molecule has 0 spiro atoms. The highest BCUT2D eigenvalue weighted by Crippen LogP contribution is 2.22. The lowest BCUT2D eigenvalue weighted by Gasteiger charge is -2.13. The Morgan fingerprint density at radius 1 is 1.00 bits per heavy atom. The summed E-state index contributed by atoms with van der Waals surface area (Å²) < 4.78 is 6.92. The first kappa shape index (κ1) is 16.0. The molecule has 0 aliphatic carbocycles. The third-order valence-corrected chi connectivity index (χ3v) is 4.29. The van der Waals surface area contributed by atoms with Crippen LogP contribution in [0.25, 0.3) is 5.52 Å².